The summed E-state index contributed by atoms with van der Waals surface area (Å²) in [6.07, 6.45) is 2.23. The number of carbonyl (C=O) groups is 4. The Morgan fingerprint density at radius 1 is 1.02 bits per heavy atom. The summed E-state index contributed by atoms with van der Waals surface area (Å²) in [4.78, 5) is 54.0. The molecule has 5 rings (SSSR count). The first-order valence-electron chi connectivity index (χ1n) is 13.5. The quantitative estimate of drug-likeness (QED) is 0.322. The zero-order chi connectivity index (χ0) is 29.3. The molecule has 0 spiro atoms. The van der Waals surface area contributed by atoms with Crippen molar-refractivity contribution in [1.82, 2.24) is 19.8 Å². The van der Waals surface area contributed by atoms with E-state index in [2.05, 4.69) is 10.6 Å². The highest BCUT2D eigenvalue weighted by Crippen LogP contribution is 2.26. The summed E-state index contributed by atoms with van der Waals surface area (Å²) in [7, 11) is -3.72. The molecule has 218 valence electrons. The van der Waals surface area contributed by atoms with E-state index in [9.17, 15) is 32.7 Å². The lowest BCUT2D eigenvalue weighted by Gasteiger charge is -2.47. The SMILES string of the molecule is CCS(=O)(=O)N1C[C@@H]2CC=CC[C@H](NC(=O)c3cccc4ccccc34)C(=O)N2[C@H](C(=O)NC2CC(=O)OC2O)C1. The van der Waals surface area contributed by atoms with E-state index in [1.807, 2.05) is 36.4 Å². The molecule has 3 aliphatic rings. The third kappa shape index (κ3) is 5.83. The molecule has 0 bridgehead atoms. The molecular weight excluding hydrogens is 552 g/mol. The van der Waals surface area contributed by atoms with E-state index in [-0.39, 0.29) is 31.7 Å². The van der Waals surface area contributed by atoms with E-state index in [1.165, 1.54) is 16.1 Å². The number of fused-ring (bicyclic) bond motifs is 2. The van der Waals surface area contributed by atoms with Crippen LogP contribution in [-0.2, 0) is 29.1 Å². The van der Waals surface area contributed by atoms with Gasteiger partial charge in [0.25, 0.3) is 5.91 Å². The Morgan fingerprint density at radius 2 is 1.76 bits per heavy atom. The van der Waals surface area contributed by atoms with E-state index in [1.54, 1.807) is 18.2 Å². The number of rotatable bonds is 6. The smallest absolute Gasteiger partial charge is 0.310 e. The average Bonchev–Trinajstić information content (AvgIpc) is 3.28. The zero-order valence-electron chi connectivity index (χ0n) is 22.4. The minimum absolute atomic E-state index is 0.0202. The van der Waals surface area contributed by atoms with Gasteiger partial charge in [-0.1, -0.05) is 48.6 Å². The first-order valence-corrected chi connectivity index (χ1v) is 15.1. The second-order valence-corrected chi connectivity index (χ2v) is 12.6. The Bertz CT molecular complexity index is 1500. The van der Waals surface area contributed by atoms with E-state index < -0.39 is 64.2 Å². The zero-order valence-corrected chi connectivity index (χ0v) is 23.2. The minimum atomic E-state index is -3.72. The fourth-order valence-corrected chi connectivity index (χ4v) is 6.70. The standard InChI is InChI=1S/C28H32N4O8S/c1-2-41(38,39)31-15-18-10-4-6-13-21(29-25(34)20-12-7-9-17-8-3-5-11-19(17)20)27(36)32(18)23(16-31)26(35)30-22-14-24(33)40-28(22)37/h3-9,11-12,18,21-23,28,37H,2,10,13-16H2,1H3,(H,29,34)(H,30,35)/t18-,21-,22?,23-,28?/m0/s1. The van der Waals surface area contributed by atoms with Crippen LogP contribution in [-0.4, -0.2) is 95.7 Å². The Balaban J connectivity index is 1.45. The first-order chi connectivity index (χ1) is 19.6. The summed E-state index contributed by atoms with van der Waals surface area (Å²) in [6.45, 7) is 1.17. The van der Waals surface area contributed by atoms with E-state index in [0.29, 0.717) is 12.0 Å². The molecule has 2 saturated heterocycles. The van der Waals surface area contributed by atoms with Gasteiger partial charge in [-0.05, 0) is 36.6 Å². The predicted octanol–water partition coefficient (Wildman–Crippen LogP) is 0.269. The number of nitrogens with zero attached hydrogens (tertiary/aromatic N) is 2. The van der Waals surface area contributed by atoms with Crippen LogP contribution in [0, 0.1) is 0 Å². The molecule has 0 aromatic heterocycles. The molecule has 2 aromatic rings. The number of piperazine rings is 1. The van der Waals surface area contributed by atoms with Gasteiger partial charge in [0.2, 0.25) is 28.1 Å². The van der Waals surface area contributed by atoms with E-state index >= 15 is 0 Å². The molecule has 0 radical (unpaired) electrons. The summed E-state index contributed by atoms with van der Waals surface area (Å²) in [5.74, 6) is -2.59. The highest BCUT2D eigenvalue weighted by atomic mass is 32.2. The lowest BCUT2D eigenvalue weighted by molar-refractivity contribution is -0.156. The molecular formula is C28H32N4O8S. The Morgan fingerprint density at radius 3 is 2.49 bits per heavy atom. The lowest BCUT2D eigenvalue weighted by Crippen LogP contribution is -2.68. The lowest BCUT2D eigenvalue weighted by atomic mass is 9.97. The van der Waals surface area contributed by atoms with Crippen molar-refractivity contribution in [2.45, 2.75) is 56.6 Å². The molecule has 3 heterocycles. The molecule has 0 aliphatic carbocycles. The van der Waals surface area contributed by atoms with E-state index in [4.69, 9.17) is 4.74 Å². The number of amides is 3. The largest absolute Gasteiger partial charge is 0.434 e. The fourth-order valence-electron chi connectivity index (χ4n) is 5.57. The van der Waals surface area contributed by atoms with Gasteiger partial charge in [-0.2, -0.15) is 4.31 Å². The molecule has 2 aromatic carbocycles. The number of ether oxygens (including phenoxy) is 1. The molecule has 13 heteroatoms. The number of aliphatic hydroxyl groups is 1. The molecule has 2 unspecified atom stereocenters. The second kappa shape index (κ2) is 11.6. The van der Waals surface area contributed by atoms with Gasteiger partial charge >= 0.3 is 5.97 Å². The van der Waals surface area contributed by atoms with Gasteiger partial charge in [0, 0.05) is 24.7 Å². The number of hydrogen-bond donors (Lipinski definition) is 3. The minimum Gasteiger partial charge on any atom is -0.434 e. The molecule has 3 aliphatic heterocycles. The molecule has 41 heavy (non-hydrogen) atoms. The number of cyclic esters (lactones) is 1. The number of sulfonamides is 1. The van der Waals surface area contributed by atoms with E-state index in [0.717, 1.165) is 10.8 Å². The van der Waals surface area contributed by atoms with Crippen LogP contribution in [0.3, 0.4) is 0 Å². The fraction of sp³-hybridized carbons (Fsp3) is 0.429. The Labute approximate surface area is 237 Å². The Hall–Kier alpha value is -3.81. The predicted molar refractivity (Wildman–Crippen MR) is 148 cm³/mol. The van der Waals surface area contributed by atoms with Crippen LogP contribution in [0.25, 0.3) is 10.8 Å². The van der Waals surface area contributed by atoms with Gasteiger partial charge in [-0.3, -0.25) is 19.2 Å². The van der Waals surface area contributed by atoms with Crippen LogP contribution in [0.4, 0.5) is 0 Å². The van der Waals surface area contributed by atoms with Crippen molar-refractivity contribution in [3.05, 3.63) is 60.2 Å². The molecule has 3 amide bonds. The molecule has 12 nitrogen and oxygen atoms in total. The number of hydrogen-bond acceptors (Lipinski definition) is 8. The van der Waals surface area contributed by atoms with Gasteiger partial charge < -0.3 is 25.4 Å². The maximum Gasteiger partial charge on any atom is 0.310 e. The van der Waals surface area contributed by atoms with Gasteiger partial charge in [0.15, 0.2) is 0 Å². The maximum atomic E-state index is 14.1. The van der Waals surface area contributed by atoms with Crippen molar-refractivity contribution in [2.24, 2.45) is 0 Å². The van der Waals surface area contributed by atoms with Gasteiger partial charge in [-0.15, -0.1) is 0 Å². The summed E-state index contributed by atoms with van der Waals surface area (Å²) >= 11 is 0. The normalized spacial score (nSPS) is 27.1. The highest BCUT2D eigenvalue weighted by Gasteiger charge is 2.47. The summed E-state index contributed by atoms with van der Waals surface area (Å²) < 4.78 is 31.6. The molecule has 3 N–H and O–H groups in total. The van der Waals surface area contributed by atoms with Crippen LogP contribution in [0.2, 0.25) is 0 Å². The van der Waals surface area contributed by atoms with Gasteiger partial charge in [0.1, 0.15) is 18.1 Å². The first kappa shape index (κ1) is 28.7. The van der Waals surface area contributed by atoms with Crippen LogP contribution in [0.5, 0.6) is 0 Å². The number of carbonyl (C=O) groups excluding carboxylic acids is 4. The summed E-state index contributed by atoms with van der Waals surface area (Å²) in [5.41, 5.74) is 0.395. The number of benzene rings is 2. The number of aliphatic hydroxyl groups excluding tert-OH is 1. The Kier molecular flexibility index (Phi) is 8.11. The number of esters is 1. The van der Waals surface area contributed by atoms with Gasteiger partial charge in [0.05, 0.1) is 12.2 Å². The van der Waals surface area contributed by atoms with Crippen LogP contribution >= 0.6 is 0 Å². The highest BCUT2D eigenvalue weighted by molar-refractivity contribution is 7.89. The molecule has 5 atom stereocenters. The van der Waals surface area contributed by atoms with Crippen LogP contribution < -0.4 is 10.6 Å². The third-order valence-corrected chi connectivity index (χ3v) is 9.54. The van der Waals surface area contributed by atoms with Gasteiger partial charge in [-0.25, -0.2) is 8.42 Å². The summed E-state index contributed by atoms with van der Waals surface area (Å²) in [5, 5.41) is 17.0. The molecule has 2 fully saturated rings. The molecule has 0 saturated carbocycles. The van der Waals surface area contributed by atoms with Crippen molar-refractivity contribution < 1.29 is 37.4 Å². The van der Waals surface area contributed by atoms with Crippen molar-refractivity contribution in [3.63, 3.8) is 0 Å². The van der Waals surface area contributed by atoms with Crippen LogP contribution in [0.15, 0.2) is 54.6 Å². The second-order valence-electron chi connectivity index (χ2n) is 10.3. The summed E-state index contributed by atoms with van der Waals surface area (Å²) in [6, 6.07) is 8.68. The average molecular weight is 585 g/mol. The number of nitrogens with one attached hydrogen (secondary N) is 2. The monoisotopic (exact) mass is 584 g/mol. The van der Waals surface area contributed by atoms with Crippen molar-refractivity contribution >= 4 is 44.5 Å². The van der Waals surface area contributed by atoms with Crippen LogP contribution in [0.1, 0.15) is 36.5 Å². The third-order valence-electron chi connectivity index (χ3n) is 7.73. The topological polar surface area (TPSA) is 162 Å². The van der Waals surface area contributed by atoms with Crippen molar-refractivity contribution in [3.8, 4) is 0 Å². The maximum absolute atomic E-state index is 14.1. The van der Waals surface area contributed by atoms with Crippen molar-refractivity contribution in [1.29, 1.82) is 0 Å². The van der Waals surface area contributed by atoms with Crippen molar-refractivity contribution in [2.75, 3.05) is 18.8 Å².